The quantitative estimate of drug-likeness (QED) is 0.672. The van der Waals surface area contributed by atoms with E-state index in [1.165, 1.54) is 10.9 Å². The van der Waals surface area contributed by atoms with Crippen LogP contribution in [0.15, 0.2) is 29.3 Å². The molecule has 1 amide bonds. The largest absolute Gasteiger partial charge is 0.347 e. The lowest BCUT2D eigenvalue weighted by Crippen LogP contribution is -2.18. The summed E-state index contributed by atoms with van der Waals surface area (Å²) in [5.41, 5.74) is 1.29. The van der Waals surface area contributed by atoms with E-state index in [1.807, 2.05) is 0 Å². The van der Waals surface area contributed by atoms with Crippen LogP contribution in [0.25, 0.3) is 5.69 Å². The van der Waals surface area contributed by atoms with Gasteiger partial charge in [0.25, 0.3) is 5.91 Å². The minimum atomic E-state index is -0.460. The average molecular weight is 232 g/mol. The molecule has 0 unspecified atom stereocenters. The van der Waals surface area contributed by atoms with Crippen molar-refractivity contribution in [2.45, 2.75) is 6.54 Å². The summed E-state index contributed by atoms with van der Waals surface area (Å²) in [5, 5.41) is 15.8. The van der Waals surface area contributed by atoms with E-state index in [0.29, 0.717) is 16.3 Å². The maximum Gasteiger partial charge on any atom is 0.347 e. The summed E-state index contributed by atoms with van der Waals surface area (Å²) in [6, 6.07) is 4.96. The number of H-pyrrole nitrogens is 1. The number of aromatic amines is 1. The lowest BCUT2D eigenvalue weighted by Gasteiger charge is -2.02. The molecule has 1 aromatic heterocycles. The predicted molar refractivity (Wildman–Crippen MR) is 55.8 cm³/mol. The Bertz CT molecular complexity index is 658. The van der Waals surface area contributed by atoms with Gasteiger partial charge in [0.2, 0.25) is 0 Å². The number of hydrogen-bond acceptors (Lipinski definition) is 4. The lowest BCUT2D eigenvalue weighted by atomic mass is 10.1. The summed E-state index contributed by atoms with van der Waals surface area (Å²) in [7, 11) is 0. The van der Waals surface area contributed by atoms with Crippen molar-refractivity contribution in [3.8, 4) is 5.69 Å². The summed E-state index contributed by atoms with van der Waals surface area (Å²) in [5.74, 6) is -0.460. The Morgan fingerprint density at radius 2 is 2.18 bits per heavy atom. The van der Waals surface area contributed by atoms with E-state index in [2.05, 4.69) is 10.2 Å². The maximum atomic E-state index is 11.6. The molecular formula is C10H8N4O3. The molecule has 0 saturated carbocycles. The molecule has 0 atom stereocenters. The first-order valence-corrected chi connectivity index (χ1v) is 4.93. The smallest absolute Gasteiger partial charge is 0.285 e. The van der Waals surface area contributed by atoms with E-state index in [9.17, 15) is 14.8 Å². The molecule has 0 radical (unpaired) electrons. The molecule has 0 spiro atoms. The Labute approximate surface area is 94.9 Å². The number of carbonyl (C=O) groups is 1. The zero-order chi connectivity index (χ0) is 12.0. The Morgan fingerprint density at radius 3 is 2.88 bits per heavy atom. The molecule has 0 bridgehead atoms. The van der Waals surface area contributed by atoms with Crippen LogP contribution in [-0.4, -0.2) is 30.9 Å². The van der Waals surface area contributed by atoms with E-state index in [-0.39, 0.29) is 12.2 Å². The van der Waals surface area contributed by atoms with Crippen LogP contribution in [0.2, 0.25) is 0 Å². The molecule has 7 nitrogen and oxygen atoms in total. The van der Waals surface area contributed by atoms with Gasteiger partial charge >= 0.3 is 5.69 Å². The molecule has 1 aliphatic heterocycles. The van der Waals surface area contributed by atoms with Gasteiger partial charge in [0.05, 0.1) is 12.2 Å². The zero-order valence-electron chi connectivity index (χ0n) is 8.62. The van der Waals surface area contributed by atoms with Crippen molar-refractivity contribution < 1.29 is 10.0 Å². The lowest BCUT2D eigenvalue weighted by molar-refractivity contribution is -0.0579. The molecule has 1 aromatic carbocycles. The van der Waals surface area contributed by atoms with Crippen molar-refractivity contribution in [2.24, 2.45) is 0 Å². The molecule has 2 heterocycles. The van der Waals surface area contributed by atoms with E-state index in [1.54, 1.807) is 18.2 Å². The fourth-order valence-electron chi connectivity index (χ4n) is 1.86. The van der Waals surface area contributed by atoms with Gasteiger partial charge in [0, 0.05) is 5.56 Å². The van der Waals surface area contributed by atoms with Crippen LogP contribution >= 0.6 is 0 Å². The normalized spacial score (nSPS) is 14.2. The fourth-order valence-corrected chi connectivity index (χ4v) is 1.86. The molecule has 2 aromatic rings. The molecule has 0 aliphatic carbocycles. The van der Waals surface area contributed by atoms with Gasteiger partial charge in [0.1, 0.15) is 6.33 Å². The number of carbonyl (C=O) groups excluding carboxylic acids is 1. The summed E-state index contributed by atoms with van der Waals surface area (Å²) < 4.78 is 1.29. The maximum absolute atomic E-state index is 11.6. The first-order chi connectivity index (χ1) is 8.16. The molecule has 1 aliphatic rings. The van der Waals surface area contributed by atoms with Crippen LogP contribution in [0.1, 0.15) is 15.9 Å². The van der Waals surface area contributed by atoms with Gasteiger partial charge in [0.15, 0.2) is 0 Å². The summed E-state index contributed by atoms with van der Waals surface area (Å²) in [6.07, 6.45) is 1.33. The molecular weight excluding hydrogens is 224 g/mol. The summed E-state index contributed by atoms with van der Waals surface area (Å²) in [6.45, 7) is 0.175. The van der Waals surface area contributed by atoms with Crippen LogP contribution < -0.4 is 5.69 Å². The highest BCUT2D eigenvalue weighted by molar-refractivity contribution is 5.98. The zero-order valence-corrected chi connectivity index (χ0v) is 8.62. The van der Waals surface area contributed by atoms with Crippen molar-refractivity contribution in [2.75, 3.05) is 0 Å². The van der Waals surface area contributed by atoms with Crippen LogP contribution in [0.4, 0.5) is 0 Å². The highest BCUT2D eigenvalue weighted by Crippen LogP contribution is 2.23. The van der Waals surface area contributed by atoms with Gasteiger partial charge in [-0.15, -0.1) is 0 Å². The van der Waals surface area contributed by atoms with Gasteiger partial charge in [-0.1, -0.05) is 6.07 Å². The van der Waals surface area contributed by atoms with Crippen LogP contribution in [0.3, 0.4) is 0 Å². The highest BCUT2D eigenvalue weighted by atomic mass is 16.5. The standard InChI is InChI=1S/C10H8N4O3/c15-9-8-3-7(13-5-11-12-10(13)16)2-1-6(8)4-14(9)17/h1-3,5,17H,4H2,(H,12,16). The number of aromatic nitrogens is 3. The molecule has 0 saturated heterocycles. The van der Waals surface area contributed by atoms with Gasteiger partial charge in [-0.2, -0.15) is 5.10 Å². The second-order valence-electron chi connectivity index (χ2n) is 3.74. The number of fused-ring (bicyclic) bond motifs is 1. The minimum Gasteiger partial charge on any atom is -0.285 e. The summed E-state index contributed by atoms with van der Waals surface area (Å²) in [4.78, 5) is 22.9. The van der Waals surface area contributed by atoms with E-state index in [0.717, 1.165) is 5.56 Å². The van der Waals surface area contributed by atoms with Crippen molar-refractivity contribution in [1.82, 2.24) is 19.8 Å². The Kier molecular flexibility index (Phi) is 1.89. The third kappa shape index (κ3) is 1.36. The summed E-state index contributed by atoms with van der Waals surface area (Å²) >= 11 is 0. The third-order valence-electron chi connectivity index (χ3n) is 2.71. The van der Waals surface area contributed by atoms with E-state index in [4.69, 9.17) is 0 Å². The second-order valence-corrected chi connectivity index (χ2v) is 3.74. The van der Waals surface area contributed by atoms with Crippen molar-refractivity contribution in [3.05, 3.63) is 46.1 Å². The number of rotatable bonds is 1. The van der Waals surface area contributed by atoms with Crippen molar-refractivity contribution in [3.63, 3.8) is 0 Å². The number of nitrogens with one attached hydrogen (secondary N) is 1. The average Bonchev–Trinajstić information content (AvgIpc) is 2.85. The van der Waals surface area contributed by atoms with Crippen LogP contribution in [-0.2, 0) is 6.54 Å². The highest BCUT2D eigenvalue weighted by Gasteiger charge is 2.26. The number of hydroxylamine groups is 2. The molecule has 7 heteroatoms. The number of nitrogens with zero attached hydrogens (tertiary/aromatic N) is 3. The number of benzene rings is 1. The van der Waals surface area contributed by atoms with Gasteiger partial charge in [-0.3, -0.25) is 10.0 Å². The third-order valence-corrected chi connectivity index (χ3v) is 2.71. The second kappa shape index (κ2) is 3.29. The minimum absolute atomic E-state index is 0.175. The first-order valence-electron chi connectivity index (χ1n) is 4.93. The topological polar surface area (TPSA) is 91.2 Å². The molecule has 17 heavy (non-hydrogen) atoms. The molecule has 3 rings (SSSR count). The van der Waals surface area contributed by atoms with Crippen molar-refractivity contribution in [1.29, 1.82) is 0 Å². The monoisotopic (exact) mass is 232 g/mol. The van der Waals surface area contributed by atoms with Crippen LogP contribution in [0, 0.1) is 0 Å². The molecule has 2 N–H and O–H groups in total. The van der Waals surface area contributed by atoms with Crippen molar-refractivity contribution >= 4 is 5.91 Å². The SMILES string of the molecule is O=C1c2cc(-n3cn[nH]c3=O)ccc2CN1O. The number of amides is 1. The Hall–Kier alpha value is -2.41. The van der Waals surface area contributed by atoms with Crippen LogP contribution in [0.5, 0.6) is 0 Å². The number of hydrogen-bond donors (Lipinski definition) is 2. The Balaban J connectivity index is 2.15. The van der Waals surface area contributed by atoms with Gasteiger partial charge in [-0.05, 0) is 17.7 Å². The predicted octanol–water partition coefficient (Wildman–Crippen LogP) is -0.0944. The van der Waals surface area contributed by atoms with E-state index >= 15 is 0 Å². The Morgan fingerprint density at radius 1 is 1.35 bits per heavy atom. The van der Waals surface area contributed by atoms with Gasteiger partial charge in [-0.25, -0.2) is 19.5 Å². The van der Waals surface area contributed by atoms with Gasteiger partial charge < -0.3 is 0 Å². The fraction of sp³-hybridized carbons (Fsp3) is 0.100. The first kappa shape index (κ1) is 9.79. The molecule has 0 fully saturated rings. The molecule has 86 valence electrons. The van der Waals surface area contributed by atoms with E-state index < -0.39 is 5.91 Å².